The molecule has 1 heterocycles. The van der Waals surface area contributed by atoms with E-state index in [1.54, 1.807) is 0 Å². The van der Waals surface area contributed by atoms with Gasteiger partial charge in [0, 0.05) is 11.8 Å². The van der Waals surface area contributed by atoms with Crippen molar-refractivity contribution < 1.29 is 14.0 Å². The molecule has 7 rings (SSSR count). The molecule has 29 heavy (non-hydrogen) atoms. The van der Waals surface area contributed by atoms with Crippen molar-refractivity contribution in [3.05, 3.63) is 101 Å². The van der Waals surface area contributed by atoms with E-state index in [2.05, 4.69) is 24.3 Å². The number of anilines is 1. The van der Waals surface area contributed by atoms with Crippen LogP contribution >= 0.6 is 0 Å². The van der Waals surface area contributed by atoms with Gasteiger partial charge in [0.05, 0.1) is 17.0 Å². The van der Waals surface area contributed by atoms with Crippen LogP contribution in [0.2, 0.25) is 0 Å². The Morgan fingerprint density at radius 1 is 0.793 bits per heavy atom. The van der Waals surface area contributed by atoms with E-state index in [4.69, 9.17) is 0 Å². The van der Waals surface area contributed by atoms with Crippen LogP contribution in [0, 0.1) is 17.2 Å². The number of hydrogen-bond acceptors (Lipinski definition) is 2. The van der Waals surface area contributed by atoms with Gasteiger partial charge < -0.3 is 0 Å². The molecule has 2 amide bonds. The van der Waals surface area contributed by atoms with Crippen molar-refractivity contribution in [2.45, 2.75) is 18.8 Å². The number of halogens is 1. The van der Waals surface area contributed by atoms with Crippen molar-refractivity contribution in [3.8, 4) is 0 Å². The molecule has 2 atom stereocenters. The van der Waals surface area contributed by atoms with E-state index in [9.17, 15) is 14.0 Å². The van der Waals surface area contributed by atoms with Gasteiger partial charge in [-0.25, -0.2) is 9.29 Å². The summed E-state index contributed by atoms with van der Waals surface area (Å²) in [6, 6.07) is 21.9. The van der Waals surface area contributed by atoms with Crippen LogP contribution in [0.3, 0.4) is 0 Å². The first-order valence-electron chi connectivity index (χ1n) is 9.85. The van der Waals surface area contributed by atoms with Gasteiger partial charge in [-0.15, -0.1) is 0 Å². The van der Waals surface area contributed by atoms with Crippen molar-refractivity contribution in [2.24, 2.45) is 11.3 Å². The quantitative estimate of drug-likeness (QED) is 0.576. The van der Waals surface area contributed by atoms with Gasteiger partial charge in [-0.05, 0) is 53.4 Å². The molecule has 4 aliphatic rings. The average molecular weight is 383 g/mol. The van der Waals surface area contributed by atoms with Crippen LogP contribution in [-0.4, -0.2) is 11.8 Å². The molecule has 2 unspecified atom stereocenters. The van der Waals surface area contributed by atoms with Crippen molar-refractivity contribution in [2.75, 3.05) is 4.90 Å². The maximum atomic E-state index is 13.8. The fraction of sp³-hybridized carbons (Fsp3) is 0.200. The second-order valence-corrected chi connectivity index (χ2v) is 8.38. The third-order valence-corrected chi connectivity index (χ3v) is 7.10. The molecule has 4 heteroatoms. The van der Waals surface area contributed by atoms with Gasteiger partial charge >= 0.3 is 0 Å². The Labute approximate surface area is 167 Å². The normalized spacial score (nSPS) is 28.9. The van der Waals surface area contributed by atoms with E-state index in [0.717, 1.165) is 22.3 Å². The van der Waals surface area contributed by atoms with E-state index in [1.165, 1.54) is 29.2 Å². The molecular formula is C25H18FNO2. The second kappa shape index (κ2) is 5.41. The number of carbonyl (C=O) groups is 2. The minimum absolute atomic E-state index is 0.153. The van der Waals surface area contributed by atoms with Crippen LogP contribution in [0.25, 0.3) is 0 Å². The average Bonchev–Trinajstić information content (AvgIpc) is 2.95. The predicted octanol–water partition coefficient (Wildman–Crippen LogP) is 4.61. The minimum atomic E-state index is -0.862. The molecule has 2 bridgehead atoms. The molecule has 1 aliphatic heterocycles. The third-order valence-electron chi connectivity index (χ3n) is 7.10. The van der Waals surface area contributed by atoms with Gasteiger partial charge in [0.2, 0.25) is 11.8 Å². The van der Waals surface area contributed by atoms with Crippen LogP contribution in [0.4, 0.5) is 10.1 Å². The molecule has 0 radical (unpaired) electrons. The monoisotopic (exact) mass is 383 g/mol. The molecule has 0 N–H and O–H groups in total. The summed E-state index contributed by atoms with van der Waals surface area (Å²) in [7, 11) is 0. The second-order valence-electron chi connectivity index (χ2n) is 8.38. The zero-order valence-corrected chi connectivity index (χ0v) is 15.8. The van der Waals surface area contributed by atoms with Crippen LogP contribution in [0.5, 0.6) is 0 Å². The summed E-state index contributed by atoms with van der Waals surface area (Å²) in [5, 5.41) is 0. The molecule has 1 saturated heterocycles. The SMILES string of the molecule is CC12C(=O)N(c3ccc(F)cc3)C(=O)C1C1c3ccccc3C2c2ccccc21. The van der Waals surface area contributed by atoms with E-state index < -0.39 is 17.2 Å². The summed E-state index contributed by atoms with van der Waals surface area (Å²) < 4.78 is 13.4. The molecule has 3 nitrogen and oxygen atoms in total. The van der Waals surface area contributed by atoms with Gasteiger partial charge in [0.1, 0.15) is 5.82 Å². The lowest BCUT2D eigenvalue weighted by molar-refractivity contribution is -0.128. The molecule has 3 aromatic carbocycles. The van der Waals surface area contributed by atoms with Gasteiger partial charge in [0.15, 0.2) is 0 Å². The predicted molar refractivity (Wildman–Crippen MR) is 107 cm³/mol. The Hall–Kier alpha value is -3.27. The molecule has 1 fully saturated rings. The summed E-state index contributed by atoms with van der Waals surface area (Å²) in [5.74, 6) is -1.57. The lowest BCUT2D eigenvalue weighted by atomic mass is 9.48. The minimum Gasteiger partial charge on any atom is -0.274 e. The van der Waals surface area contributed by atoms with Crippen LogP contribution in [0.15, 0.2) is 72.8 Å². The number of hydrogen-bond donors (Lipinski definition) is 0. The highest BCUT2D eigenvalue weighted by Gasteiger charge is 2.68. The highest BCUT2D eigenvalue weighted by Crippen LogP contribution is 2.67. The zero-order valence-electron chi connectivity index (χ0n) is 15.8. The van der Waals surface area contributed by atoms with Gasteiger partial charge in [-0.3, -0.25) is 9.59 Å². The first-order chi connectivity index (χ1) is 14.0. The maximum Gasteiger partial charge on any atom is 0.241 e. The number of carbonyl (C=O) groups excluding carboxylic acids is 2. The Balaban J connectivity index is 1.61. The molecule has 0 saturated carbocycles. The smallest absolute Gasteiger partial charge is 0.241 e. The maximum absolute atomic E-state index is 13.8. The summed E-state index contributed by atoms with van der Waals surface area (Å²) >= 11 is 0. The molecule has 142 valence electrons. The number of amides is 2. The first-order valence-corrected chi connectivity index (χ1v) is 9.85. The number of imide groups is 1. The van der Waals surface area contributed by atoms with E-state index >= 15 is 0 Å². The zero-order chi connectivity index (χ0) is 19.9. The topological polar surface area (TPSA) is 37.4 Å². The van der Waals surface area contributed by atoms with Crippen LogP contribution in [0.1, 0.15) is 41.0 Å². The third kappa shape index (κ3) is 1.87. The van der Waals surface area contributed by atoms with Crippen molar-refractivity contribution >= 4 is 17.5 Å². The number of benzene rings is 3. The van der Waals surface area contributed by atoms with Gasteiger partial charge in [0.25, 0.3) is 0 Å². The molecule has 3 aromatic rings. The summed E-state index contributed by atoms with van der Waals surface area (Å²) in [5.41, 5.74) is 4.12. The van der Waals surface area contributed by atoms with Crippen LogP contribution < -0.4 is 4.90 Å². The summed E-state index contributed by atoms with van der Waals surface area (Å²) in [4.78, 5) is 28.7. The lowest BCUT2D eigenvalue weighted by Crippen LogP contribution is -2.49. The van der Waals surface area contributed by atoms with Gasteiger partial charge in [-0.1, -0.05) is 48.5 Å². The van der Waals surface area contributed by atoms with Crippen molar-refractivity contribution in [1.29, 1.82) is 0 Å². The molecular weight excluding hydrogens is 365 g/mol. The number of rotatable bonds is 1. The molecule has 0 spiro atoms. The van der Waals surface area contributed by atoms with E-state index in [0.29, 0.717) is 5.69 Å². The Bertz CT molecular complexity index is 1150. The fourth-order valence-electron chi connectivity index (χ4n) is 5.95. The van der Waals surface area contributed by atoms with Gasteiger partial charge in [-0.2, -0.15) is 0 Å². The summed E-state index contributed by atoms with van der Waals surface area (Å²) in [6.07, 6.45) is 0. The van der Waals surface area contributed by atoms with E-state index in [-0.39, 0.29) is 23.7 Å². The molecule has 3 aliphatic carbocycles. The Morgan fingerprint density at radius 2 is 1.31 bits per heavy atom. The highest BCUT2D eigenvalue weighted by molar-refractivity contribution is 6.25. The summed E-state index contributed by atoms with van der Waals surface area (Å²) in [6.45, 7) is 1.94. The lowest BCUT2D eigenvalue weighted by Gasteiger charge is -2.51. The van der Waals surface area contributed by atoms with Crippen molar-refractivity contribution in [3.63, 3.8) is 0 Å². The highest BCUT2D eigenvalue weighted by atomic mass is 19.1. The Morgan fingerprint density at radius 3 is 1.86 bits per heavy atom. The largest absolute Gasteiger partial charge is 0.274 e. The molecule has 0 aromatic heterocycles. The fourth-order valence-corrected chi connectivity index (χ4v) is 5.95. The van der Waals surface area contributed by atoms with E-state index in [1.807, 2.05) is 31.2 Å². The Kier molecular flexibility index (Phi) is 3.11. The van der Waals surface area contributed by atoms with Crippen LogP contribution in [-0.2, 0) is 9.59 Å². The first kappa shape index (κ1) is 16.7. The standard InChI is InChI=1S/C25H18FNO2/c1-25-21-18-8-4-2-6-16(18)20(17-7-3-5-9-19(17)21)22(25)23(28)27(24(25)29)15-12-10-14(26)11-13-15/h2-13,20-22H,1H3. The van der Waals surface area contributed by atoms with Crippen molar-refractivity contribution in [1.82, 2.24) is 0 Å². The number of nitrogens with zero attached hydrogens (tertiary/aromatic N) is 1.